The molecule has 0 radical (unpaired) electrons. The predicted octanol–water partition coefficient (Wildman–Crippen LogP) is 7.78. The third-order valence-corrected chi connectivity index (χ3v) is 12.5. The molecule has 1 unspecified atom stereocenters. The molecule has 7 rings (SSSR count). The van der Waals surface area contributed by atoms with Crippen LogP contribution in [0.1, 0.15) is 76.0 Å². The van der Waals surface area contributed by atoms with E-state index in [4.69, 9.17) is 23.2 Å². The number of nitrogens with zero attached hydrogens (tertiary/aromatic N) is 2. The Hall–Kier alpha value is -3.07. The Morgan fingerprint density at radius 2 is 1.45 bits per heavy atom. The van der Waals surface area contributed by atoms with Crippen molar-refractivity contribution in [2.75, 3.05) is 17.1 Å². The summed E-state index contributed by atoms with van der Waals surface area (Å²) in [4.78, 5) is 30.0. The lowest BCUT2D eigenvalue weighted by Crippen LogP contribution is -2.56. The number of nitrogens with one attached hydrogen (secondary N) is 1. The third kappa shape index (κ3) is 8.29. The summed E-state index contributed by atoms with van der Waals surface area (Å²) in [7, 11) is -3.88. The highest BCUT2D eigenvalue weighted by atomic mass is 35.5. The van der Waals surface area contributed by atoms with Crippen LogP contribution in [0.15, 0.2) is 72.8 Å². The quantitative estimate of drug-likeness (QED) is 0.219. The fourth-order valence-corrected chi connectivity index (χ4v) is 10.1. The van der Waals surface area contributed by atoms with Crippen LogP contribution in [0.5, 0.6) is 0 Å². The molecule has 10 heteroatoms. The van der Waals surface area contributed by atoms with Crippen LogP contribution in [0.4, 0.5) is 5.69 Å². The van der Waals surface area contributed by atoms with E-state index in [1.807, 2.05) is 63.2 Å². The van der Waals surface area contributed by atoms with Crippen LogP contribution in [-0.4, -0.2) is 49.5 Å². The minimum Gasteiger partial charge on any atom is -0.350 e. The minimum absolute atomic E-state index is 0.0212. The number of carbonyl (C=O) groups is 2. The van der Waals surface area contributed by atoms with E-state index in [0.717, 1.165) is 33.9 Å². The molecule has 1 atom stereocenters. The minimum atomic E-state index is -3.88. The zero-order valence-electron chi connectivity index (χ0n) is 28.8. The standard InChI is InChI=1S/C39H47Cl2N3O4S/c1-38(2,3)42-37(46)35(20-26-8-6-5-7-9-26)43(24-27-10-15-33(40)34(41)19-27)36(45)25-44(49(4,47)48)32-13-11-31(12-14-32)39-21-28-16-29(22-39)18-30(17-28)23-39/h5-15,19,28-30,35H,16-18,20-25H2,1-4H3,(H,42,46). The van der Waals surface area contributed by atoms with Crippen molar-refractivity contribution in [3.8, 4) is 0 Å². The van der Waals surface area contributed by atoms with Gasteiger partial charge in [0, 0.05) is 18.5 Å². The molecule has 4 aliphatic rings. The van der Waals surface area contributed by atoms with Crippen LogP contribution in [0.2, 0.25) is 10.0 Å². The van der Waals surface area contributed by atoms with Crippen molar-refractivity contribution >= 4 is 50.7 Å². The van der Waals surface area contributed by atoms with E-state index in [1.165, 1.54) is 49.0 Å². The first kappa shape index (κ1) is 35.7. The number of hydrogen-bond acceptors (Lipinski definition) is 4. The van der Waals surface area contributed by atoms with Crippen LogP contribution in [0.3, 0.4) is 0 Å². The molecular weight excluding hydrogens is 677 g/mol. The first-order valence-electron chi connectivity index (χ1n) is 17.3. The molecule has 4 saturated carbocycles. The molecule has 3 aromatic carbocycles. The first-order valence-corrected chi connectivity index (χ1v) is 19.9. The van der Waals surface area contributed by atoms with Gasteiger partial charge in [0.05, 0.1) is 22.0 Å². The average molecular weight is 725 g/mol. The number of halogens is 2. The van der Waals surface area contributed by atoms with Crippen molar-refractivity contribution in [2.24, 2.45) is 17.8 Å². The van der Waals surface area contributed by atoms with Gasteiger partial charge in [-0.2, -0.15) is 0 Å². The van der Waals surface area contributed by atoms with Crippen molar-refractivity contribution < 1.29 is 18.0 Å². The molecule has 2 amide bonds. The van der Waals surface area contributed by atoms with Gasteiger partial charge in [0.25, 0.3) is 0 Å². The SMILES string of the molecule is CC(C)(C)NC(=O)C(Cc1ccccc1)N(Cc1ccc(Cl)c(Cl)c1)C(=O)CN(c1ccc(C23CC4CC(CC(C4)C2)C3)cc1)S(C)(=O)=O. The topological polar surface area (TPSA) is 86.8 Å². The van der Waals surface area contributed by atoms with E-state index >= 15 is 0 Å². The largest absolute Gasteiger partial charge is 0.350 e. The third-order valence-electron chi connectivity index (χ3n) is 10.6. The van der Waals surface area contributed by atoms with E-state index in [9.17, 15) is 18.0 Å². The smallest absolute Gasteiger partial charge is 0.244 e. The van der Waals surface area contributed by atoms with E-state index < -0.39 is 34.1 Å². The van der Waals surface area contributed by atoms with Gasteiger partial charge in [-0.1, -0.05) is 71.7 Å². The zero-order valence-corrected chi connectivity index (χ0v) is 31.1. The fraction of sp³-hybridized carbons (Fsp3) is 0.487. The molecule has 0 aromatic heterocycles. The Bertz CT molecular complexity index is 1760. The molecule has 4 bridgehead atoms. The first-order chi connectivity index (χ1) is 23.1. The molecule has 0 spiro atoms. The molecular formula is C39H47Cl2N3O4S. The number of anilines is 1. The Morgan fingerprint density at radius 3 is 1.98 bits per heavy atom. The second kappa shape index (κ2) is 13.9. The molecule has 7 nitrogen and oxygen atoms in total. The summed E-state index contributed by atoms with van der Waals surface area (Å²) in [5.74, 6) is 1.52. The monoisotopic (exact) mass is 723 g/mol. The van der Waals surface area contributed by atoms with Crippen molar-refractivity contribution in [1.82, 2.24) is 10.2 Å². The molecule has 0 heterocycles. The lowest BCUT2D eigenvalue weighted by molar-refractivity contribution is -0.140. The number of rotatable bonds is 11. The van der Waals surface area contributed by atoms with Crippen LogP contribution >= 0.6 is 23.2 Å². The zero-order chi connectivity index (χ0) is 35.1. The van der Waals surface area contributed by atoms with Crippen LogP contribution in [0, 0.1) is 17.8 Å². The van der Waals surface area contributed by atoms with Gasteiger partial charge < -0.3 is 10.2 Å². The van der Waals surface area contributed by atoms with E-state index in [0.29, 0.717) is 21.3 Å². The van der Waals surface area contributed by atoms with E-state index in [1.54, 1.807) is 18.2 Å². The highest BCUT2D eigenvalue weighted by Gasteiger charge is 2.51. The summed E-state index contributed by atoms with van der Waals surface area (Å²) >= 11 is 12.6. The van der Waals surface area contributed by atoms with Crippen molar-refractivity contribution in [3.63, 3.8) is 0 Å². The van der Waals surface area contributed by atoms with Crippen LogP contribution in [0.25, 0.3) is 0 Å². The Kier molecular flexibility index (Phi) is 10.2. The normalized spacial score (nSPS) is 23.6. The number of amides is 2. The predicted molar refractivity (Wildman–Crippen MR) is 197 cm³/mol. The summed E-state index contributed by atoms with van der Waals surface area (Å²) in [6.07, 6.45) is 9.00. The van der Waals surface area contributed by atoms with Crippen molar-refractivity contribution in [1.29, 1.82) is 0 Å². The van der Waals surface area contributed by atoms with Crippen LogP contribution in [-0.2, 0) is 38.0 Å². The van der Waals surface area contributed by atoms with Crippen molar-refractivity contribution in [2.45, 2.75) is 89.3 Å². The van der Waals surface area contributed by atoms with Crippen molar-refractivity contribution in [3.05, 3.63) is 99.5 Å². The number of hydrogen-bond donors (Lipinski definition) is 1. The van der Waals surface area contributed by atoms with Gasteiger partial charge >= 0.3 is 0 Å². The number of carbonyl (C=O) groups excluding carboxylic acids is 2. The van der Waals surface area contributed by atoms with Gasteiger partial charge in [-0.25, -0.2) is 8.42 Å². The maximum atomic E-state index is 14.5. The molecule has 4 aliphatic carbocycles. The summed E-state index contributed by atoms with van der Waals surface area (Å²) in [5.41, 5.74) is 2.83. The molecule has 49 heavy (non-hydrogen) atoms. The molecule has 4 fully saturated rings. The van der Waals surface area contributed by atoms with Gasteiger partial charge in [-0.05, 0) is 123 Å². The van der Waals surface area contributed by atoms with E-state index in [-0.39, 0.29) is 24.3 Å². The summed E-state index contributed by atoms with van der Waals surface area (Å²) in [6.45, 7) is 5.20. The lowest BCUT2D eigenvalue weighted by atomic mass is 9.48. The molecule has 0 saturated heterocycles. The molecule has 0 aliphatic heterocycles. The summed E-state index contributed by atoms with van der Waals surface area (Å²) < 4.78 is 27.9. The van der Waals surface area contributed by atoms with Gasteiger partial charge in [-0.15, -0.1) is 0 Å². The van der Waals surface area contributed by atoms with Gasteiger partial charge in [0.2, 0.25) is 21.8 Å². The maximum absolute atomic E-state index is 14.5. The summed E-state index contributed by atoms with van der Waals surface area (Å²) in [6, 6.07) is 21.5. The lowest BCUT2D eigenvalue weighted by Gasteiger charge is -2.57. The average Bonchev–Trinajstić information content (AvgIpc) is 3.01. The highest BCUT2D eigenvalue weighted by Crippen LogP contribution is 2.60. The van der Waals surface area contributed by atoms with E-state index in [2.05, 4.69) is 17.4 Å². The second-order valence-electron chi connectivity index (χ2n) is 15.7. The van der Waals surface area contributed by atoms with Crippen LogP contribution < -0.4 is 9.62 Å². The Labute approximate surface area is 301 Å². The fourth-order valence-electron chi connectivity index (χ4n) is 8.90. The van der Waals surface area contributed by atoms with Gasteiger partial charge in [0.1, 0.15) is 12.6 Å². The Balaban J connectivity index is 1.32. The number of sulfonamides is 1. The second-order valence-corrected chi connectivity index (χ2v) is 18.5. The summed E-state index contributed by atoms with van der Waals surface area (Å²) in [5, 5.41) is 3.74. The molecule has 1 N–H and O–H groups in total. The molecule has 3 aromatic rings. The van der Waals surface area contributed by atoms with Gasteiger partial charge in [0.15, 0.2) is 0 Å². The molecule has 262 valence electrons. The highest BCUT2D eigenvalue weighted by molar-refractivity contribution is 7.92. The Morgan fingerprint density at radius 1 is 0.857 bits per heavy atom. The number of benzene rings is 3. The van der Waals surface area contributed by atoms with Gasteiger partial charge in [-0.3, -0.25) is 13.9 Å². The maximum Gasteiger partial charge on any atom is 0.244 e.